The first-order chi connectivity index (χ1) is 8.46. The highest BCUT2D eigenvalue weighted by molar-refractivity contribution is 7.86. The third-order valence-corrected chi connectivity index (χ3v) is 5.25. The lowest BCUT2D eigenvalue weighted by atomic mass is 10.1. The van der Waals surface area contributed by atoms with Crippen LogP contribution in [0.3, 0.4) is 0 Å². The fourth-order valence-corrected chi connectivity index (χ4v) is 3.25. The van der Waals surface area contributed by atoms with Crippen molar-refractivity contribution in [1.82, 2.24) is 13.5 Å². The molecule has 0 aromatic heterocycles. The fraction of sp³-hybridized carbons (Fsp3) is 0.917. The summed E-state index contributed by atoms with van der Waals surface area (Å²) < 4.78 is 26.4. The number of carbonyl (C=O) groups is 1. The molecule has 0 aromatic rings. The van der Waals surface area contributed by atoms with Crippen molar-refractivity contribution in [3.8, 4) is 0 Å². The number of likely N-dealkylation sites (tertiary alicyclic amines) is 1. The van der Waals surface area contributed by atoms with Gasteiger partial charge < -0.3 is 4.90 Å². The molecular formula is C12H25N3O3S. The predicted molar refractivity (Wildman–Crippen MR) is 74.8 cm³/mol. The summed E-state index contributed by atoms with van der Waals surface area (Å²) in [4.78, 5) is 13.8. The Morgan fingerprint density at radius 2 is 1.79 bits per heavy atom. The number of carbonyl (C=O) groups excluding carboxylic acids is 1. The minimum Gasteiger partial charge on any atom is -0.338 e. The molecule has 1 aliphatic rings. The fourth-order valence-electron chi connectivity index (χ4n) is 2.29. The normalized spacial score (nSPS) is 21.8. The number of hydrogen-bond acceptors (Lipinski definition) is 3. The topological polar surface area (TPSA) is 60.9 Å². The number of rotatable bonds is 4. The van der Waals surface area contributed by atoms with Crippen LogP contribution in [0.5, 0.6) is 0 Å². The van der Waals surface area contributed by atoms with Gasteiger partial charge in [0.25, 0.3) is 10.2 Å². The van der Waals surface area contributed by atoms with Crippen molar-refractivity contribution >= 4 is 16.1 Å². The van der Waals surface area contributed by atoms with E-state index in [9.17, 15) is 13.2 Å². The minimum atomic E-state index is -3.40. The van der Waals surface area contributed by atoms with Gasteiger partial charge in [0.05, 0.1) is 0 Å². The van der Waals surface area contributed by atoms with E-state index in [0.29, 0.717) is 19.5 Å². The lowest BCUT2D eigenvalue weighted by Crippen LogP contribution is -2.43. The minimum absolute atomic E-state index is 0.0615. The van der Waals surface area contributed by atoms with Crippen LogP contribution < -0.4 is 0 Å². The second-order valence-electron chi connectivity index (χ2n) is 6.32. The smallest absolute Gasteiger partial charge is 0.281 e. The summed E-state index contributed by atoms with van der Waals surface area (Å²) >= 11 is 0. The Bertz CT molecular complexity index is 440. The molecule has 1 rings (SSSR count). The molecule has 0 bridgehead atoms. The van der Waals surface area contributed by atoms with Crippen LogP contribution in [0.15, 0.2) is 0 Å². The summed E-state index contributed by atoms with van der Waals surface area (Å²) in [6, 6.07) is 0. The molecular weight excluding hydrogens is 266 g/mol. The van der Waals surface area contributed by atoms with Gasteiger partial charge in [0.1, 0.15) is 0 Å². The van der Waals surface area contributed by atoms with Gasteiger partial charge in [-0.1, -0.05) is 0 Å². The van der Waals surface area contributed by atoms with E-state index in [4.69, 9.17) is 0 Å². The number of nitrogens with zero attached hydrogens (tertiary/aromatic N) is 3. The maximum Gasteiger partial charge on any atom is 0.281 e. The Hall–Kier alpha value is -0.660. The van der Waals surface area contributed by atoms with Crippen LogP contribution in [0, 0.1) is 5.92 Å². The molecule has 1 saturated heterocycles. The van der Waals surface area contributed by atoms with E-state index in [-0.39, 0.29) is 17.4 Å². The summed E-state index contributed by atoms with van der Waals surface area (Å²) in [5.41, 5.74) is -0.204. The summed E-state index contributed by atoms with van der Waals surface area (Å²) in [6.45, 7) is 6.98. The van der Waals surface area contributed by atoms with Crippen molar-refractivity contribution in [1.29, 1.82) is 0 Å². The molecule has 1 heterocycles. The molecule has 1 atom stereocenters. The van der Waals surface area contributed by atoms with Crippen LogP contribution in [-0.2, 0) is 15.0 Å². The SMILES string of the molecule is CN(C)S(=O)(=O)N(C)C[C@H]1CC(=O)N(C(C)(C)C)C1. The van der Waals surface area contributed by atoms with E-state index < -0.39 is 10.2 Å². The molecule has 19 heavy (non-hydrogen) atoms. The maximum absolute atomic E-state index is 11.9. The zero-order valence-electron chi connectivity index (χ0n) is 12.7. The second-order valence-corrected chi connectivity index (χ2v) is 8.57. The average Bonchev–Trinajstić information content (AvgIpc) is 2.58. The standard InChI is InChI=1S/C12H25N3O3S/c1-12(2,3)15-9-10(7-11(15)16)8-14(6)19(17,18)13(4)5/h10H,7-9H2,1-6H3/t10-/m1/s1. The molecule has 0 unspecified atom stereocenters. The molecule has 1 fully saturated rings. The highest BCUT2D eigenvalue weighted by Crippen LogP contribution is 2.26. The van der Waals surface area contributed by atoms with Crippen LogP contribution in [-0.4, -0.2) is 67.6 Å². The molecule has 0 spiro atoms. The van der Waals surface area contributed by atoms with Crippen molar-refractivity contribution in [2.45, 2.75) is 32.7 Å². The summed E-state index contributed by atoms with van der Waals surface area (Å²) in [7, 11) is 1.17. The molecule has 1 aliphatic heterocycles. The Balaban J connectivity index is 2.70. The number of hydrogen-bond donors (Lipinski definition) is 0. The van der Waals surface area contributed by atoms with Gasteiger partial charge in [0, 0.05) is 46.2 Å². The van der Waals surface area contributed by atoms with Crippen molar-refractivity contribution in [2.24, 2.45) is 5.92 Å². The van der Waals surface area contributed by atoms with Crippen LogP contribution in [0.2, 0.25) is 0 Å². The molecule has 6 nitrogen and oxygen atoms in total. The van der Waals surface area contributed by atoms with E-state index in [1.165, 1.54) is 22.7 Å². The highest BCUT2D eigenvalue weighted by atomic mass is 32.2. The third kappa shape index (κ3) is 3.67. The Morgan fingerprint density at radius 1 is 1.26 bits per heavy atom. The first kappa shape index (κ1) is 16.4. The Morgan fingerprint density at radius 3 is 2.16 bits per heavy atom. The van der Waals surface area contributed by atoms with Gasteiger partial charge in [-0.15, -0.1) is 0 Å². The van der Waals surface area contributed by atoms with Gasteiger partial charge in [-0.05, 0) is 26.7 Å². The summed E-state index contributed by atoms with van der Waals surface area (Å²) in [6.07, 6.45) is 0.421. The van der Waals surface area contributed by atoms with Gasteiger partial charge in [-0.3, -0.25) is 4.79 Å². The molecule has 0 aliphatic carbocycles. The summed E-state index contributed by atoms with van der Waals surface area (Å²) in [5.74, 6) is 0.166. The maximum atomic E-state index is 11.9. The Labute approximate surface area is 116 Å². The molecule has 0 N–H and O–H groups in total. The van der Waals surface area contributed by atoms with E-state index >= 15 is 0 Å². The highest BCUT2D eigenvalue weighted by Gasteiger charge is 2.37. The van der Waals surface area contributed by atoms with E-state index in [2.05, 4.69) is 0 Å². The van der Waals surface area contributed by atoms with Gasteiger partial charge in [-0.2, -0.15) is 17.0 Å². The van der Waals surface area contributed by atoms with E-state index in [1.54, 1.807) is 7.05 Å². The van der Waals surface area contributed by atoms with Crippen LogP contribution in [0.4, 0.5) is 0 Å². The van der Waals surface area contributed by atoms with Gasteiger partial charge >= 0.3 is 0 Å². The molecule has 0 radical (unpaired) electrons. The lowest BCUT2D eigenvalue weighted by molar-refractivity contribution is -0.131. The first-order valence-corrected chi connectivity index (χ1v) is 7.80. The molecule has 1 amide bonds. The van der Waals surface area contributed by atoms with E-state index in [1.807, 2.05) is 25.7 Å². The largest absolute Gasteiger partial charge is 0.338 e. The molecule has 0 aromatic carbocycles. The van der Waals surface area contributed by atoms with E-state index in [0.717, 1.165) is 0 Å². The quantitative estimate of drug-likeness (QED) is 0.752. The third-order valence-electron chi connectivity index (χ3n) is 3.39. The molecule has 112 valence electrons. The zero-order valence-corrected chi connectivity index (χ0v) is 13.5. The van der Waals surface area contributed by atoms with Crippen LogP contribution in [0.1, 0.15) is 27.2 Å². The van der Waals surface area contributed by atoms with Crippen LogP contribution in [0.25, 0.3) is 0 Å². The van der Waals surface area contributed by atoms with Crippen LogP contribution >= 0.6 is 0 Å². The summed E-state index contributed by atoms with van der Waals surface area (Å²) in [5, 5.41) is 0. The van der Waals surface area contributed by atoms with Crippen molar-refractivity contribution in [3.05, 3.63) is 0 Å². The second kappa shape index (κ2) is 5.38. The lowest BCUT2D eigenvalue weighted by Gasteiger charge is -2.32. The van der Waals surface area contributed by atoms with Crippen molar-refractivity contribution in [2.75, 3.05) is 34.2 Å². The monoisotopic (exact) mass is 291 g/mol. The van der Waals surface area contributed by atoms with Gasteiger partial charge in [0.15, 0.2) is 0 Å². The van der Waals surface area contributed by atoms with Crippen molar-refractivity contribution in [3.63, 3.8) is 0 Å². The zero-order chi connectivity index (χ0) is 15.0. The van der Waals surface area contributed by atoms with Crippen molar-refractivity contribution < 1.29 is 13.2 Å². The molecule has 0 saturated carbocycles. The predicted octanol–water partition coefficient (Wildman–Crippen LogP) is 0.372. The first-order valence-electron chi connectivity index (χ1n) is 6.40. The van der Waals surface area contributed by atoms with Gasteiger partial charge in [0.2, 0.25) is 5.91 Å². The number of amides is 1. The average molecular weight is 291 g/mol. The molecule has 7 heteroatoms. The Kier molecular flexibility index (Phi) is 4.64. The van der Waals surface area contributed by atoms with Gasteiger partial charge in [-0.25, -0.2) is 0 Å².